The number of hydrogen-bond acceptors (Lipinski definition) is 3. The number of rotatable bonds is 5. The first-order chi connectivity index (χ1) is 9.82. The lowest BCUT2D eigenvalue weighted by Crippen LogP contribution is -2.44. The first kappa shape index (κ1) is 16.0. The summed E-state index contributed by atoms with van der Waals surface area (Å²) >= 11 is 0. The summed E-state index contributed by atoms with van der Waals surface area (Å²) in [7, 11) is 0. The van der Waals surface area contributed by atoms with Gasteiger partial charge in [0.15, 0.2) is 0 Å². The van der Waals surface area contributed by atoms with Crippen LogP contribution in [-0.4, -0.2) is 38.6 Å². The standard InChI is InChI=1S/C16H27N3O2/c1-12(2)19-11-17-8-14(19)10-18-7-5-6-13(9-18)16(3,4)15(20)21/h8,11-13H,5-7,9-10H2,1-4H3,(H,20,21). The Kier molecular flexibility index (Phi) is 4.71. The van der Waals surface area contributed by atoms with E-state index in [1.807, 2.05) is 26.4 Å². The van der Waals surface area contributed by atoms with Crippen molar-refractivity contribution in [3.05, 3.63) is 18.2 Å². The van der Waals surface area contributed by atoms with Crippen LogP contribution in [0.2, 0.25) is 0 Å². The molecule has 1 aliphatic rings. The highest BCUT2D eigenvalue weighted by Crippen LogP contribution is 2.34. The van der Waals surface area contributed by atoms with E-state index in [2.05, 4.69) is 28.3 Å². The number of carboxylic acid groups (broad SMARTS) is 1. The molecule has 1 aromatic heterocycles. The number of piperidine rings is 1. The molecule has 0 bridgehead atoms. The monoisotopic (exact) mass is 293 g/mol. The summed E-state index contributed by atoms with van der Waals surface area (Å²) in [5, 5.41) is 9.42. The van der Waals surface area contributed by atoms with E-state index in [1.54, 1.807) is 0 Å². The largest absolute Gasteiger partial charge is 0.481 e. The van der Waals surface area contributed by atoms with Crippen molar-refractivity contribution in [2.75, 3.05) is 13.1 Å². The topological polar surface area (TPSA) is 58.4 Å². The molecule has 1 atom stereocenters. The summed E-state index contributed by atoms with van der Waals surface area (Å²) in [5.74, 6) is -0.485. The maximum absolute atomic E-state index is 11.5. The molecule has 1 N–H and O–H groups in total. The van der Waals surface area contributed by atoms with Crippen LogP contribution < -0.4 is 0 Å². The van der Waals surface area contributed by atoms with E-state index in [9.17, 15) is 9.90 Å². The van der Waals surface area contributed by atoms with E-state index >= 15 is 0 Å². The highest BCUT2D eigenvalue weighted by Gasteiger charge is 2.39. The second-order valence-electron chi connectivity index (χ2n) is 6.99. The minimum Gasteiger partial charge on any atom is -0.481 e. The van der Waals surface area contributed by atoms with Crippen LogP contribution in [0.5, 0.6) is 0 Å². The van der Waals surface area contributed by atoms with Gasteiger partial charge in [-0.15, -0.1) is 0 Å². The van der Waals surface area contributed by atoms with Crippen molar-refractivity contribution in [2.45, 2.75) is 53.1 Å². The molecule has 2 heterocycles. The van der Waals surface area contributed by atoms with Gasteiger partial charge in [0.05, 0.1) is 17.4 Å². The van der Waals surface area contributed by atoms with Gasteiger partial charge in [0.1, 0.15) is 0 Å². The number of carbonyl (C=O) groups is 1. The second kappa shape index (κ2) is 6.18. The quantitative estimate of drug-likeness (QED) is 0.907. The normalized spacial score (nSPS) is 20.9. The van der Waals surface area contributed by atoms with Crippen molar-refractivity contribution < 1.29 is 9.90 Å². The predicted octanol–water partition coefficient (Wildman–Crippen LogP) is 2.79. The van der Waals surface area contributed by atoms with E-state index < -0.39 is 11.4 Å². The van der Waals surface area contributed by atoms with Crippen LogP contribution in [0.4, 0.5) is 0 Å². The number of aliphatic carboxylic acids is 1. The molecule has 0 amide bonds. The maximum atomic E-state index is 11.5. The van der Waals surface area contributed by atoms with E-state index in [-0.39, 0.29) is 5.92 Å². The molecule has 5 nitrogen and oxygen atoms in total. The van der Waals surface area contributed by atoms with E-state index in [4.69, 9.17) is 0 Å². The Morgan fingerprint density at radius 2 is 2.24 bits per heavy atom. The Bertz CT molecular complexity index is 493. The molecule has 1 aromatic rings. The first-order valence-corrected chi connectivity index (χ1v) is 7.78. The van der Waals surface area contributed by atoms with Crippen molar-refractivity contribution in [3.8, 4) is 0 Å². The van der Waals surface area contributed by atoms with Gasteiger partial charge in [-0.1, -0.05) is 0 Å². The average molecular weight is 293 g/mol. The van der Waals surface area contributed by atoms with Crippen LogP contribution in [-0.2, 0) is 11.3 Å². The minimum atomic E-state index is -0.693. The highest BCUT2D eigenvalue weighted by molar-refractivity contribution is 5.74. The van der Waals surface area contributed by atoms with Gasteiger partial charge in [-0.05, 0) is 53.0 Å². The van der Waals surface area contributed by atoms with Crippen molar-refractivity contribution in [1.29, 1.82) is 0 Å². The molecule has 21 heavy (non-hydrogen) atoms. The molecular weight excluding hydrogens is 266 g/mol. The van der Waals surface area contributed by atoms with Gasteiger partial charge in [-0.3, -0.25) is 9.69 Å². The smallest absolute Gasteiger partial charge is 0.309 e. The van der Waals surface area contributed by atoms with E-state index in [0.29, 0.717) is 6.04 Å². The Hall–Kier alpha value is -1.36. The lowest BCUT2D eigenvalue weighted by atomic mass is 9.74. The molecule has 118 valence electrons. The summed E-state index contributed by atoms with van der Waals surface area (Å²) in [6.07, 6.45) is 5.87. The molecule has 1 aliphatic heterocycles. The van der Waals surface area contributed by atoms with Gasteiger partial charge in [0, 0.05) is 25.3 Å². The lowest BCUT2D eigenvalue weighted by Gasteiger charge is -2.39. The SMILES string of the molecule is CC(C)n1cncc1CN1CCCC(C(C)(C)C(=O)O)C1. The zero-order chi connectivity index (χ0) is 15.6. The second-order valence-corrected chi connectivity index (χ2v) is 6.99. The maximum Gasteiger partial charge on any atom is 0.309 e. The van der Waals surface area contributed by atoms with Crippen LogP contribution in [0.1, 0.15) is 52.3 Å². The number of likely N-dealkylation sites (tertiary alicyclic amines) is 1. The van der Waals surface area contributed by atoms with E-state index in [0.717, 1.165) is 32.5 Å². The lowest BCUT2D eigenvalue weighted by molar-refractivity contribution is -0.151. The highest BCUT2D eigenvalue weighted by atomic mass is 16.4. The summed E-state index contributed by atoms with van der Waals surface area (Å²) in [6.45, 7) is 10.7. The van der Waals surface area contributed by atoms with Crippen molar-refractivity contribution in [3.63, 3.8) is 0 Å². The number of imidazole rings is 1. The zero-order valence-corrected chi connectivity index (χ0v) is 13.5. The minimum absolute atomic E-state index is 0.208. The van der Waals surface area contributed by atoms with Crippen LogP contribution in [0.25, 0.3) is 0 Å². The zero-order valence-electron chi connectivity index (χ0n) is 13.5. The van der Waals surface area contributed by atoms with Crippen LogP contribution in [0.15, 0.2) is 12.5 Å². The molecule has 1 saturated heterocycles. The number of hydrogen-bond donors (Lipinski definition) is 1. The molecule has 5 heteroatoms. The first-order valence-electron chi connectivity index (χ1n) is 7.78. The fourth-order valence-corrected chi connectivity index (χ4v) is 3.11. The molecule has 0 spiro atoms. The van der Waals surface area contributed by atoms with E-state index in [1.165, 1.54) is 5.69 Å². The Labute approximate surface area is 127 Å². The van der Waals surface area contributed by atoms with Crippen LogP contribution >= 0.6 is 0 Å². The van der Waals surface area contributed by atoms with Crippen LogP contribution in [0.3, 0.4) is 0 Å². The molecule has 2 rings (SSSR count). The molecule has 0 radical (unpaired) electrons. The van der Waals surface area contributed by atoms with Gasteiger partial charge < -0.3 is 9.67 Å². The molecule has 0 aliphatic carbocycles. The Morgan fingerprint density at radius 3 is 2.86 bits per heavy atom. The van der Waals surface area contributed by atoms with Crippen molar-refractivity contribution in [2.24, 2.45) is 11.3 Å². The third-order valence-corrected chi connectivity index (χ3v) is 4.77. The summed E-state index contributed by atoms with van der Waals surface area (Å²) in [6, 6.07) is 0.401. The summed E-state index contributed by atoms with van der Waals surface area (Å²) in [5.41, 5.74) is 0.551. The number of nitrogens with zero attached hydrogens (tertiary/aromatic N) is 3. The summed E-state index contributed by atoms with van der Waals surface area (Å²) < 4.78 is 2.19. The molecule has 1 fully saturated rings. The third-order valence-electron chi connectivity index (χ3n) is 4.77. The molecule has 0 aromatic carbocycles. The van der Waals surface area contributed by atoms with Crippen LogP contribution in [0, 0.1) is 11.3 Å². The number of aromatic nitrogens is 2. The van der Waals surface area contributed by atoms with Crippen molar-refractivity contribution in [1.82, 2.24) is 14.5 Å². The fraction of sp³-hybridized carbons (Fsp3) is 0.750. The van der Waals surface area contributed by atoms with Gasteiger partial charge in [-0.25, -0.2) is 4.98 Å². The Balaban J connectivity index is 2.05. The fourth-order valence-electron chi connectivity index (χ4n) is 3.11. The average Bonchev–Trinajstić information content (AvgIpc) is 2.87. The van der Waals surface area contributed by atoms with Gasteiger partial charge in [-0.2, -0.15) is 0 Å². The number of carboxylic acids is 1. The Morgan fingerprint density at radius 1 is 1.52 bits per heavy atom. The molecular formula is C16H27N3O2. The van der Waals surface area contributed by atoms with Gasteiger partial charge in [0.25, 0.3) is 0 Å². The van der Waals surface area contributed by atoms with Gasteiger partial charge >= 0.3 is 5.97 Å². The van der Waals surface area contributed by atoms with Gasteiger partial charge in [0.2, 0.25) is 0 Å². The van der Waals surface area contributed by atoms with Crippen molar-refractivity contribution >= 4 is 5.97 Å². The third kappa shape index (κ3) is 3.46. The predicted molar refractivity (Wildman–Crippen MR) is 82.0 cm³/mol. The molecule has 1 unspecified atom stereocenters. The summed E-state index contributed by atoms with van der Waals surface area (Å²) in [4.78, 5) is 18.1. The molecule has 0 saturated carbocycles.